The van der Waals surface area contributed by atoms with E-state index >= 15 is 0 Å². The molecule has 1 nitrogen and oxygen atoms in total. The highest BCUT2D eigenvalue weighted by atomic mass is 19.1. The highest BCUT2D eigenvalue weighted by molar-refractivity contribution is 5.19. The molecule has 0 heterocycles. The minimum absolute atomic E-state index is 0.256. The Morgan fingerprint density at radius 2 is 1.69 bits per heavy atom. The monoisotopic (exact) mass is 227 g/mol. The fourth-order valence-electron chi connectivity index (χ4n) is 1.79. The van der Waals surface area contributed by atoms with Crippen molar-refractivity contribution in [3.8, 4) is 0 Å². The van der Waals surface area contributed by atoms with Gasteiger partial charge in [0, 0.05) is 12.1 Å². The van der Waals surface area contributed by atoms with Crippen LogP contribution in [0.1, 0.15) is 26.3 Å². The Bertz CT molecular complexity index is 316. The lowest BCUT2D eigenvalue weighted by Crippen LogP contribution is -2.35. The third-order valence-corrected chi connectivity index (χ3v) is 2.65. The van der Waals surface area contributed by atoms with Crippen LogP contribution in [0.15, 0.2) is 18.2 Å². The molecule has 16 heavy (non-hydrogen) atoms. The predicted octanol–water partition coefficient (Wildman–Crippen LogP) is 3.14. The van der Waals surface area contributed by atoms with Gasteiger partial charge in [-0.05, 0) is 36.6 Å². The van der Waals surface area contributed by atoms with Crippen molar-refractivity contribution in [3.05, 3.63) is 35.4 Å². The molecule has 0 aliphatic carbocycles. The van der Waals surface area contributed by atoms with Gasteiger partial charge in [0.25, 0.3) is 0 Å². The van der Waals surface area contributed by atoms with Crippen LogP contribution in [0.2, 0.25) is 0 Å². The van der Waals surface area contributed by atoms with Crippen LogP contribution >= 0.6 is 0 Å². The first-order valence-corrected chi connectivity index (χ1v) is 5.71. The molecule has 0 aliphatic rings. The van der Waals surface area contributed by atoms with Gasteiger partial charge in [0.05, 0.1) is 0 Å². The van der Waals surface area contributed by atoms with Crippen molar-refractivity contribution < 1.29 is 8.78 Å². The number of hydrogen-bond donors (Lipinski definition) is 1. The number of halogens is 2. The minimum Gasteiger partial charge on any atom is -0.314 e. The Kier molecular flexibility index (Phi) is 4.87. The van der Waals surface area contributed by atoms with Gasteiger partial charge in [-0.3, -0.25) is 0 Å². The summed E-state index contributed by atoms with van der Waals surface area (Å²) in [6.45, 7) is 7.09. The van der Waals surface area contributed by atoms with Crippen LogP contribution < -0.4 is 5.32 Å². The summed E-state index contributed by atoms with van der Waals surface area (Å²) < 4.78 is 26.0. The van der Waals surface area contributed by atoms with Crippen LogP contribution in [-0.4, -0.2) is 12.6 Å². The summed E-state index contributed by atoms with van der Waals surface area (Å²) >= 11 is 0. The summed E-state index contributed by atoms with van der Waals surface area (Å²) in [6, 6.07) is 3.96. The largest absolute Gasteiger partial charge is 0.314 e. The molecule has 1 unspecified atom stereocenters. The maximum atomic E-state index is 13.0. The Morgan fingerprint density at radius 1 is 1.12 bits per heavy atom. The van der Waals surface area contributed by atoms with Crippen molar-refractivity contribution in [1.82, 2.24) is 5.32 Å². The van der Waals surface area contributed by atoms with Crippen LogP contribution in [0.4, 0.5) is 8.78 Å². The highest BCUT2D eigenvalue weighted by Gasteiger charge is 2.13. The molecule has 0 aromatic heterocycles. The summed E-state index contributed by atoms with van der Waals surface area (Å²) in [5.41, 5.74) is 0.706. The quantitative estimate of drug-likeness (QED) is 0.814. The van der Waals surface area contributed by atoms with Gasteiger partial charge in [0.1, 0.15) is 11.6 Å². The molecule has 1 atom stereocenters. The van der Waals surface area contributed by atoms with Crippen molar-refractivity contribution in [1.29, 1.82) is 0 Å². The van der Waals surface area contributed by atoms with Gasteiger partial charge in [0.2, 0.25) is 0 Å². The van der Waals surface area contributed by atoms with Crippen molar-refractivity contribution in [2.75, 3.05) is 6.54 Å². The first-order chi connectivity index (χ1) is 7.52. The van der Waals surface area contributed by atoms with Crippen LogP contribution in [0.3, 0.4) is 0 Å². The Hall–Kier alpha value is -0.960. The topological polar surface area (TPSA) is 12.0 Å². The van der Waals surface area contributed by atoms with Crippen molar-refractivity contribution >= 4 is 0 Å². The molecule has 0 aliphatic heterocycles. The molecular weight excluding hydrogens is 208 g/mol. The number of hydrogen-bond acceptors (Lipinski definition) is 1. The summed E-state index contributed by atoms with van der Waals surface area (Å²) in [4.78, 5) is 0. The number of benzene rings is 1. The normalized spacial score (nSPS) is 13.1. The van der Waals surface area contributed by atoms with E-state index < -0.39 is 11.6 Å². The van der Waals surface area contributed by atoms with E-state index in [-0.39, 0.29) is 6.04 Å². The zero-order valence-corrected chi connectivity index (χ0v) is 10.1. The molecular formula is C13H19F2N. The molecule has 90 valence electrons. The second-order valence-electron chi connectivity index (χ2n) is 4.39. The maximum absolute atomic E-state index is 13.0. The summed E-state index contributed by atoms with van der Waals surface area (Å²) in [5, 5.41) is 3.32. The molecule has 1 aromatic rings. The van der Waals surface area contributed by atoms with Gasteiger partial charge in [-0.2, -0.15) is 0 Å². The van der Waals surface area contributed by atoms with Gasteiger partial charge in [-0.1, -0.05) is 20.8 Å². The molecule has 1 rings (SSSR count). The average molecular weight is 227 g/mol. The Balaban J connectivity index is 2.76. The molecule has 0 saturated heterocycles. The summed E-state index contributed by atoms with van der Waals surface area (Å²) in [7, 11) is 0. The van der Waals surface area contributed by atoms with E-state index in [0.717, 1.165) is 12.6 Å². The van der Waals surface area contributed by atoms with E-state index in [9.17, 15) is 8.78 Å². The lowest BCUT2D eigenvalue weighted by molar-refractivity contribution is 0.404. The van der Waals surface area contributed by atoms with Gasteiger partial charge in [0.15, 0.2) is 0 Å². The van der Waals surface area contributed by atoms with E-state index in [4.69, 9.17) is 0 Å². The fourth-order valence-corrected chi connectivity index (χ4v) is 1.79. The van der Waals surface area contributed by atoms with E-state index in [2.05, 4.69) is 19.2 Å². The van der Waals surface area contributed by atoms with Crippen LogP contribution in [0.25, 0.3) is 0 Å². The zero-order chi connectivity index (χ0) is 12.1. The zero-order valence-electron chi connectivity index (χ0n) is 10.1. The molecule has 3 heteroatoms. The number of rotatable bonds is 5. The first-order valence-electron chi connectivity index (χ1n) is 5.71. The molecule has 0 amide bonds. The van der Waals surface area contributed by atoms with Gasteiger partial charge in [-0.15, -0.1) is 0 Å². The van der Waals surface area contributed by atoms with Crippen molar-refractivity contribution in [2.45, 2.75) is 33.2 Å². The van der Waals surface area contributed by atoms with Crippen LogP contribution in [0.5, 0.6) is 0 Å². The summed E-state index contributed by atoms with van der Waals surface area (Å²) in [6.07, 6.45) is 0.653. The predicted molar refractivity (Wildman–Crippen MR) is 62.4 cm³/mol. The molecule has 0 fully saturated rings. The number of nitrogens with one attached hydrogen (secondary N) is 1. The molecule has 0 saturated carbocycles. The van der Waals surface area contributed by atoms with Crippen molar-refractivity contribution in [2.24, 2.45) is 5.92 Å². The van der Waals surface area contributed by atoms with Gasteiger partial charge < -0.3 is 5.32 Å². The van der Waals surface area contributed by atoms with Crippen LogP contribution in [0, 0.1) is 17.6 Å². The minimum atomic E-state index is -0.506. The maximum Gasteiger partial charge on any atom is 0.126 e. The molecule has 1 N–H and O–H groups in total. The number of likely N-dealkylation sites (N-methyl/N-ethyl adjacent to an activating group) is 1. The second-order valence-corrected chi connectivity index (χ2v) is 4.39. The Morgan fingerprint density at radius 3 is 2.12 bits per heavy atom. The fraction of sp³-hybridized carbons (Fsp3) is 0.538. The summed E-state index contributed by atoms with van der Waals surface area (Å²) in [5.74, 6) is -0.575. The van der Waals surface area contributed by atoms with Gasteiger partial charge in [-0.25, -0.2) is 8.78 Å². The third kappa shape index (κ3) is 3.89. The Labute approximate surface area is 95.9 Å². The lowest BCUT2D eigenvalue weighted by Gasteiger charge is -2.21. The molecule has 0 bridgehead atoms. The average Bonchev–Trinajstić information content (AvgIpc) is 2.15. The van der Waals surface area contributed by atoms with E-state index in [0.29, 0.717) is 17.9 Å². The first kappa shape index (κ1) is 13.1. The standard InChI is InChI=1S/C13H19F2N/c1-4-16-13(9(2)3)7-10-5-11(14)8-12(15)6-10/h5-6,8-9,13,16H,4,7H2,1-3H3. The van der Waals surface area contributed by atoms with E-state index in [1.165, 1.54) is 12.1 Å². The smallest absolute Gasteiger partial charge is 0.126 e. The lowest BCUT2D eigenvalue weighted by atomic mass is 9.96. The van der Waals surface area contributed by atoms with E-state index in [1.807, 2.05) is 6.92 Å². The third-order valence-electron chi connectivity index (χ3n) is 2.65. The highest BCUT2D eigenvalue weighted by Crippen LogP contribution is 2.13. The molecule has 0 radical (unpaired) electrons. The molecule has 0 spiro atoms. The van der Waals surface area contributed by atoms with Crippen LogP contribution in [-0.2, 0) is 6.42 Å². The van der Waals surface area contributed by atoms with Crippen molar-refractivity contribution in [3.63, 3.8) is 0 Å². The molecule has 1 aromatic carbocycles. The SMILES string of the molecule is CCNC(Cc1cc(F)cc(F)c1)C(C)C. The van der Waals surface area contributed by atoms with Gasteiger partial charge >= 0.3 is 0 Å². The second kappa shape index (κ2) is 5.94. The van der Waals surface area contributed by atoms with E-state index in [1.54, 1.807) is 0 Å².